The van der Waals surface area contributed by atoms with Crippen LogP contribution in [-0.2, 0) is 6.54 Å². The van der Waals surface area contributed by atoms with Gasteiger partial charge in [-0.1, -0.05) is 0 Å². The second-order valence-electron chi connectivity index (χ2n) is 4.75. The van der Waals surface area contributed by atoms with Crippen LogP contribution in [-0.4, -0.2) is 25.0 Å². The van der Waals surface area contributed by atoms with Gasteiger partial charge in [-0.25, -0.2) is 0 Å². The molecule has 2 aliphatic heterocycles. The molecule has 1 aromatic rings. The van der Waals surface area contributed by atoms with Crippen molar-refractivity contribution in [2.75, 3.05) is 31.2 Å². The lowest BCUT2D eigenvalue weighted by Crippen LogP contribution is -2.34. The van der Waals surface area contributed by atoms with Gasteiger partial charge in [0.1, 0.15) is 0 Å². The van der Waals surface area contributed by atoms with Crippen LogP contribution in [0.25, 0.3) is 0 Å². The summed E-state index contributed by atoms with van der Waals surface area (Å²) in [5.41, 5.74) is 11.0. The van der Waals surface area contributed by atoms with E-state index in [1.165, 1.54) is 29.8 Å². The second-order valence-corrected chi connectivity index (χ2v) is 4.75. The van der Waals surface area contributed by atoms with Crippen LogP contribution in [0, 0.1) is 0 Å². The van der Waals surface area contributed by atoms with Crippen molar-refractivity contribution < 1.29 is 0 Å². The zero-order valence-corrected chi connectivity index (χ0v) is 9.09. The van der Waals surface area contributed by atoms with Crippen LogP contribution in [0.1, 0.15) is 23.5 Å². The number of hydrogen-bond acceptors (Lipinski definition) is 3. The topological polar surface area (TPSA) is 41.3 Å². The van der Waals surface area contributed by atoms with E-state index in [1.54, 1.807) is 0 Å². The molecule has 2 aliphatic rings. The molecule has 0 bridgehead atoms. The van der Waals surface area contributed by atoms with Crippen molar-refractivity contribution in [1.29, 1.82) is 0 Å². The molecule has 1 atom stereocenters. The smallest absolute Gasteiger partial charge is 0.0400 e. The minimum Gasteiger partial charge on any atom is -0.399 e. The van der Waals surface area contributed by atoms with E-state index in [4.69, 9.17) is 5.73 Å². The van der Waals surface area contributed by atoms with E-state index in [9.17, 15) is 0 Å². The fourth-order valence-corrected chi connectivity index (χ4v) is 2.94. The highest BCUT2D eigenvalue weighted by Crippen LogP contribution is 2.39. The Morgan fingerprint density at radius 1 is 1.47 bits per heavy atom. The average molecular weight is 203 g/mol. The Kier molecular flexibility index (Phi) is 1.89. The minimum atomic E-state index is 0.704. The summed E-state index contributed by atoms with van der Waals surface area (Å²) in [4.78, 5) is 2.39. The zero-order valence-electron chi connectivity index (χ0n) is 9.09. The molecule has 0 saturated carbocycles. The number of rotatable bonds is 0. The molecule has 3 rings (SSSR count). The van der Waals surface area contributed by atoms with Crippen molar-refractivity contribution in [3.05, 3.63) is 23.3 Å². The molecule has 3 heteroatoms. The maximum absolute atomic E-state index is 5.91. The Bertz CT molecular complexity index is 400. The monoisotopic (exact) mass is 203 g/mol. The van der Waals surface area contributed by atoms with Crippen LogP contribution >= 0.6 is 0 Å². The van der Waals surface area contributed by atoms with Crippen molar-refractivity contribution in [1.82, 2.24) is 4.90 Å². The van der Waals surface area contributed by atoms with E-state index in [0.29, 0.717) is 5.92 Å². The maximum Gasteiger partial charge on any atom is 0.0400 e. The number of nitrogens with one attached hydrogen (secondary N) is 1. The third-order valence-electron chi connectivity index (χ3n) is 3.48. The molecule has 3 N–H and O–H groups in total. The fraction of sp³-hybridized carbons (Fsp3) is 0.500. The Balaban J connectivity index is 2.16. The van der Waals surface area contributed by atoms with Crippen LogP contribution in [0.3, 0.4) is 0 Å². The van der Waals surface area contributed by atoms with Gasteiger partial charge in [-0.05, 0) is 36.7 Å². The van der Waals surface area contributed by atoms with E-state index < -0.39 is 0 Å². The van der Waals surface area contributed by atoms with Gasteiger partial charge in [0, 0.05) is 36.9 Å². The summed E-state index contributed by atoms with van der Waals surface area (Å²) in [6.07, 6.45) is 1.24. The van der Waals surface area contributed by atoms with E-state index >= 15 is 0 Å². The van der Waals surface area contributed by atoms with E-state index in [0.717, 1.165) is 18.8 Å². The summed E-state index contributed by atoms with van der Waals surface area (Å²) in [5, 5.41) is 3.46. The van der Waals surface area contributed by atoms with Gasteiger partial charge in [-0.15, -0.1) is 0 Å². The van der Waals surface area contributed by atoms with E-state index in [1.807, 2.05) is 0 Å². The lowest BCUT2D eigenvalue weighted by Gasteiger charge is -2.37. The largest absolute Gasteiger partial charge is 0.399 e. The van der Waals surface area contributed by atoms with Gasteiger partial charge in [0.05, 0.1) is 0 Å². The van der Waals surface area contributed by atoms with Crippen LogP contribution in [0.2, 0.25) is 0 Å². The Labute approximate surface area is 90.3 Å². The molecular weight excluding hydrogens is 186 g/mol. The molecule has 80 valence electrons. The van der Waals surface area contributed by atoms with Crippen LogP contribution in [0.5, 0.6) is 0 Å². The van der Waals surface area contributed by atoms with Gasteiger partial charge in [0.2, 0.25) is 0 Å². The third kappa shape index (κ3) is 1.38. The van der Waals surface area contributed by atoms with Gasteiger partial charge in [0.15, 0.2) is 0 Å². The number of nitrogen functional groups attached to an aromatic ring is 1. The standard InChI is InChI=1S/C12H17N3/c1-15-6-8-2-3-14-11-5-10(13)4-9(7-15)12(8)11/h4-5,8,14H,2-3,6-7,13H2,1H3. The molecular formula is C12H17N3. The first kappa shape index (κ1) is 9.04. The van der Waals surface area contributed by atoms with Crippen molar-refractivity contribution in [3.63, 3.8) is 0 Å². The molecule has 0 amide bonds. The SMILES string of the molecule is CN1Cc2cc(N)cc3c2C(CCN3)C1. The number of hydrogen-bond donors (Lipinski definition) is 2. The van der Waals surface area contributed by atoms with Crippen molar-refractivity contribution >= 4 is 11.4 Å². The van der Waals surface area contributed by atoms with Gasteiger partial charge in [-0.3, -0.25) is 0 Å². The highest BCUT2D eigenvalue weighted by molar-refractivity contribution is 5.66. The highest BCUT2D eigenvalue weighted by Gasteiger charge is 2.28. The lowest BCUT2D eigenvalue weighted by atomic mass is 9.84. The van der Waals surface area contributed by atoms with Gasteiger partial charge < -0.3 is 16.0 Å². The summed E-state index contributed by atoms with van der Waals surface area (Å²) in [5.74, 6) is 0.704. The lowest BCUT2D eigenvalue weighted by molar-refractivity contribution is 0.274. The molecule has 0 aliphatic carbocycles. The van der Waals surface area contributed by atoms with E-state index in [2.05, 4.69) is 29.4 Å². The average Bonchev–Trinajstić information content (AvgIpc) is 2.16. The Morgan fingerprint density at radius 2 is 2.33 bits per heavy atom. The molecule has 0 saturated heterocycles. The molecule has 0 aromatic heterocycles. The van der Waals surface area contributed by atoms with Crippen LogP contribution < -0.4 is 11.1 Å². The van der Waals surface area contributed by atoms with Crippen molar-refractivity contribution in [3.8, 4) is 0 Å². The Hall–Kier alpha value is -1.22. The minimum absolute atomic E-state index is 0.704. The molecule has 0 spiro atoms. The number of anilines is 2. The summed E-state index contributed by atoms with van der Waals surface area (Å²) in [7, 11) is 2.19. The van der Waals surface area contributed by atoms with E-state index in [-0.39, 0.29) is 0 Å². The molecule has 0 radical (unpaired) electrons. The van der Waals surface area contributed by atoms with Crippen LogP contribution in [0.4, 0.5) is 11.4 Å². The molecule has 1 aromatic carbocycles. The highest BCUT2D eigenvalue weighted by atomic mass is 15.1. The third-order valence-corrected chi connectivity index (χ3v) is 3.48. The first-order valence-corrected chi connectivity index (χ1v) is 5.59. The van der Waals surface area contributed by atoms with Gasteiger partial charge in [0.25, 0.3) is 0 Å². The quantitative estimate of drug-likeness (QED) is 0.629. The summed E-state index contributed by atoms with van der Waals surface area (Å²) < 4.78 is 0. The first-order chi connectivity index (χ1) is 7.24. The van der Waals surface area contributed by atoms with Crippen molar-refractivity contribution in [2.45, 2.75) is 18.9 Å². The Morgan fingerprint density at radius 3 is 3.20 bits per heavy atom. The number of nitrogens with two attached hydrogens (primary N) is 1. The number of nitrogens with zero attached hydrogens (tertiary/aromatic N) is 1. The van der Waals surface area contributed by atoms with Crippen LogP contribution in [0.15, 0.2) is 12.1 Å². The summed E-state index contributed by atoms with van der Waals surface area (Å²) >= 11 is 0. The van der Waals surface area contributed by atoms with Gasteiger partial charge >= 0.3 is 0 Å². The van der Waals surface area contributed by atoms with Gasteiger partial charge in [-0.2, -0.15) is 0 Å². The molecule has 15 heavy (non-hydrogen) atoms. The maximum atomic E-state index is 5.91. The molecule has 0 fully saturated rings. The molecule has 3 nitrogen and oxygen atoms in total. The summed E-state index contributed by atoms with van der Waals surface area (Å²) in [6, 6.07) is 4.21. The number of likely N-dealkylation sites (N-methyl/N-ethyl adjacent to an activating group) is 1. The number of benzene rings is 1. The summed E-state index contributed by atoms with van der Waals surface area (Å²) in [6.45, 7) is 3.30. The second kappa shape index (κ2) is 3.14. The van der Waals surface area contributed by atoms with Crippen molar-refractivity contribution in [2.24, 2.45) is 0 Å². The normalized spacial score (nSPS) is 24.5. The zero-order chi connectivity index (χ0) is 10.4. The molecule has 1 unspecified atom stereocenters. The predicted molar refractivity (Wildman–Crippen MR) is 63.0 cm³/mol. The molecule has 2 heterocycles. The predicted octanol–water partition coefficient (Wildman–Crippen LogP) is 1.61. The fourth-order valence-electron chi connectivity index (χ4n) is 2.94. The first-order valence-electron chi connectivity index (χ1n) is 5.59.